The molecule has 1 heterocycles. The van der Waals surface area contributed by atoms with Crippen LogP contribution < -0.4 is 14.2 Å². The number of unbranched alkanes of at least 4 members (excludes halogenated alkanes) is 1. The highest BCUT2D eigenvalue weighted by Gasteiger charge is 2.11. The molecule has 2 aromatic rings. The first-order valence-corrected chi connectivity index (χ1v) is 9.19. The van der Waals surface area contributed by atoms with Crippen molar-refractivity contribution in [3.63, 3.8) is 0 Å². The Kier molecular flexibility index (Phi) is 9.12. The number of nitrogens with zero attached hydrogens (tertiary/aromatic N) is 2. The molecule has 10 heteroatoms. The van der Waals surface area contributed by atoms with E-state index in [0.717, 1.165) is 34.5 Å². The number of hydrogen-bond donors (Lipinski definition) is 2. The summed E-state index contributed by atoms with van der Waals surface area (Å²) in [4.78, 5) is 8.59. The molecule has 134 valence electrons. The van der Waals surface area contributed by atoms with E-state index in [4.69, 9.17) is 9.47 Å². The van der Waals surface area contributed by atoms with Gasteiger partial charge in [-0.15, -0.1) is 24.2 Å². The van der Waals surface area contributed by atoms with Crippen LogP contribution in [0.15, 0.2) is 23.5 Å². The van der Waals surface area contributed by atoms with Crippen LogP contribution in [0.5, 0.6) is 11.5 Å². The Bertz CT molecular complexity index is 735. The summed E-state index contributed by atoms with van der Waals surface area (Å²) in [6.07, 6.45) is 3.20. The van der Waals surface area contributed by atoms with E-state index in [1.807, 2.05) is 12.1 Å². The number of thiol groups is 1. The Morgan fingerprint density at radius 1 is 1.12 bits per heavy atom. The molecule has 0 amide bonds. The zero-order chi connectivity index (χ0) is 16.7. The highest BCUT2D eigenvalue weighted by Crippen LogP contribution is 2.34. The second-order valence-corrected chi connectivity index (χ2v) is 6.54. The van der Waals surface area contributed by atoms with Crippen molar-refractivity contribution in [3.05, 3.63) is 18.5 Å². The van der Waals surface area contributed by atoms with E-state index in [1.54, 1.807) is 26.0 Å². The maximum absolute atomic E-state index is 10.4. The van der Waals surface area contributed by atoms with Gasteiger partial charge in [-0.3, -0.25) is 0 Å². The van der Waals surface area contributed by atoms with Crippen molar-refractivity contribution < 1.29 is 17.9 Å². The van der Waals surface area contributed by atoms with Gasteiger partial charge in [0.05, 0.1) is 19.7 Å². The summed E-state index contributed by atoms with van der Waals surface area (Å²) >= 11 is 1.62. The molecule has 0 saturated carbocycles. The number of nitrogens with one attached hydrogen (secondary N) is 1. The van der Waals surface area contributed by atoms with Crippen LogP contribution in [0.25, 0.3) is 10.9 Å². The number of fused-ring (bicyclic) bond motifs is 1. The molecule has 0 saturated heterocycles. The summed E-state index contributed by atoms with van der Waals surface area (Å²) in [5.74, 6) is 2.12. The van der Waals surface area contributed by atoms with Gasteiger partial charge >= 0.3 is 0 Å². The SMILES string of the molecule is COc1cc2ncnc(SCCCCN[SH](=O)=O)c2cc1OC.Cl. The first kappa shape index (κ1) is 20.8. The summed E-state index contributed by atoms with van der Waals surface area (Å²) in [5.41, 5.74) is 0.796. The van der Waals surface area contributed by atoms with Gasteiger partial charge in [0.25, 0.3) is 0 Å². The number of thioether (sulfide) groups is 1. The quantitative estimate of drug-likeness (QED) is 0.291. The number of ether oxygens (including phenoxy) is 2. The van der Waals surface area contributed by atoms with Crippen LogP contribution >= 0.6 is 24.2 Å². The van der Waals surface area contributed by atoms with Crippen molar-refractivity contribution >= 4 is 46.0 Å². The van der Waals surface area contributed by atoms with Crippen molar-refractivity contribution in [1.82, 2.24) is 14.7 Å². The van der Waals surface area contributed by atoms with E-state index < -0.39 is 10.9 Å². The van der Waals surface area contributed by atoms with Crippen molar-refractivity contribution in [1.29, 1.82) is 0 Å². The normalized spacial score (nSPS) is 10.6. The van der Waals surface area contributed by atoms with Gasteiger partial charge < -0.3 is 9.47 Å². The first-order valence-electron chi connectivity index (χ1n) is 7.03. The van der Waals surface area contributed by atoms with Gasteiger partial charge in [0, 0.05) is 18.0 Å². The molecule has 0 spiro atoms. The maximum atomic E-state index is 10.4. The van der Waals surface area contributed by atoms with Gasteiger partial charge in [0.1, 0.15) is 11.4 Å². The molecular weight excluding hydrogens is 374 g/mol. The fourth-order valence-corrected chi connectivity index (χ4v) is 3.36. The zero-order valence-corrected chi connectivity index (χ0v) is 15.9. The van der Waals surface area contributed by atoms with E-state index in [9.17, 15) is 8.42 Å². The van der Waals surface area contributed by atoms with Gasteiger partial charge in [0.2, 0.25) is 10.9 Å². The summed E-state index contributed by atoms with van der Waals surface area (Å²) in [7, 11) is 0.677. The van der Waals surface area contributed by atoms with Gasteiger partial charge in [-0.25, -0.2) is 23.1 Å². The molecule has 2 rings (SSSR count). The van der Waals surface area contributed by atoms with Crippen LogP contribution in [0.3, 0.4) is 0 Å². The average molecular weight is 394 g/mol. The van der Waals surface area contributed by atoms with Crippen molar-refractivity contribution in [2.75, 3.05) is 26.5 Å². The van der Waals surface area contributed by atoms with Crippen LogP contribution in [0.2, 0.25) is 0 Å². The number of halogens is 1. The van der Waals surface area contributed by atoms with E-state index >= 15 is 0 Å². The highest BCUT2D eigenvalue weighted by atomic mass is 35.5. The molecule has 0 atom stereocenters. The minimum atomic E-state index is -2.50. The Balaban J connectivity index is 0.00000288. The number of methoxy groups -OCH3 is 2. The van der Waals surface area contributed by atoms with Crippen LogP contribution in [0, 0.1) is 0 Å². The third-order valence-corrected chi connectivity index (χ3v) is 4.73. The van der Waals surface area contributed by atoms with E-state index in [1.165, 1.54) is 6.33 Å². The van der Waals surface area contributed by atoms with Gasteiger partial charge in [-0.05, 0) is 24.7 Å². The Morgan fingerprint density at radius 3 is 2.50 bits per heavy atom. The Labute approximate surface area is 153 Å². The second-order valence-electron chi connectivity index (χ2n) is 4.62. The fraction of sp³-hybridized carbons (Fsp3) is 0.429. The molecule has 1 aromatic heterocycles. The Hall–Kier alpha value is -1.29. The molecule has 1 N–H and O–H groups in total. The van der Waals surface area contributed by atoms with Crippen molar-refractivity contribution in [2.24, 2.45) is 0 Å². The van der Waals surface area contributed by atoms with Crippen LogP contribution in [-0.4, -0.2) is 44.9 Å². The largest absolute Gasteiger partial charge is 0.493 e. The van der Waals surface area contributed by atoms with Crippen molar-refractivity contribution in [3.8, 4) is 11.5 Å². The number of benzene rings is 1. The molecular formula is C14H20ClN3O4S2. The summed E-state index contributed by atoms with van der Waals surface area (Å²) < 4.78 is 33.8. The molecule has 7 nitrogen and oxygen atoms in total. The number of rotatable bonds is 9. The monoisotopic (exact) mass is 393 g/mol. The molecule has 0 aliphatic heterocycles. The molecule has 0 aliphatic carbocycles. The molecule has 24 heavy (non-hydrogen) atoms. The topological polar surface area (TPSA) is 90.4 Å². The summed E-state index contributed by atoms with van der Waals surface area (Å²) in [5, 5.41) is 1.79. The zero-order valence-electron chi connectivity index (χ0n) is 13.4. The molecule has 0 radical (unpaired) electrons. The van der Waals surface area contributed by atoms with E-state index in [2.05, 4.69) is 14.7 Å². The molecule has 0 bridgehead atoms. The van der Waals surface area contributed by atoms with Crippen molar-refractivity contribution in [2.45, 2.75) is 17.9 Å². The average Bonchev–Trinajstić information content (AvgIpc) is 2.56. The van der Waals surface area contributed by atoms with Crippen LogP contribution in [-0.2, 0) is 10.9 Å². The highest BCUT2D eigenvalue weighted by molar-refractivity contribution is 7.99. The van der Waals surface area contributed by atoms with Gasteiger partial charge in [-0.2, -0.15) is 0 Å². The molecule has 0 fully saturated rings. The lowest BCUT2D eigenvalue weighted by Gasteiger charge is -2.10. The number of aromatic nitrogens is 2. The third-order valence-electron chi connectivity index (χ3n) is 3.15. The first-order chi connectivity index (χ1) is 11.2. The Morgan fingerprint density at radius 2 is 1.83 bits per heavy atom. The lowest BCUT2D eigenvalue weighted by Crippen LogP contribution is -2.12. The van der Waals surface area contributed by atoms with Crippen LogP contribution in [0.4, 0.5) is 0 Å². The summed E-state index contributed by atoms with van der Waals surface area (Å²) in [6.45, 7) is 0.467. The van der Waals surface area contributed by atoms with E-state index in [-0.39, 0.29) is 12.4 Å². The predicted octanol–water partition coefficient (Wildman–Crippen LogP) is 2.06. The fourth-order valence-electron chi connectivity index (χ4n) is 2.04. The number of hydrogen-bond acceptors (Lipinski definition) is 7. The smallest absolute Gasteiger partial charge is 0.201 e. The molecule has 0 aliphatic rings. The van der Waals surface area contributed by atoms with Crippen LogP contribution in [0.1, 0.15) is 12.8 Å². The molecule has 1 aromatic carbocycles. The van der Waals surface area contributed by atoms with Gasteiger partial charge in [-0.1, -0.05) is 0 Å². The lowest BCUT2D eigenvalue weighted by molar-refractivity contribution is 0.355. The third kappa shape index (κ3) is 5.66. The standard InChI is InChI=1S/C14H19N3O4S2.ClH/c1-20-12-7-10-11(8-13(12)21-2)15-9-16-14(10)22-6-4-3-5-17-23(18)19;/h7-9,23H,3-6H2,1-2H3,(H,17,18,19);1H. The van der Waals surface area contributed by atoms with E-state index in [0.29, 0.717) is 18.0 Å². The minimum absolute atomic E-state index is 0. The lowest BCUT2D eigenvalue weighted by atomic mass is 10.2. The second kappa shape index (κ2) is 10.5. The minimum Gasteiger partial charge on any atom is -0.493 e. The van der Waals surface area contributed by atoms with Gasteiger partial charge in [0.15, 0.2) is 11.5 Å². The summed E-state index contributed by atoms with van der Waals surface area (Å²) in [6, 6.07) is 3.70. The maximum Gasteiger partial charge on any atom is 0.201 e. The molecule has 0 unspecified atom stereocenters. The predicted molar refractivity (Wildman–Crippen MR) is 98.2 cm³/mol.